The van der Waals surface area contributed by atoms with Gasteiger partial charge in [-0.1, -0.05) is 0 Å². The molecular weight excluding hydrogens is 264 g/mol. The third kappa shape index (κ3) is 2.97. The molecule has 1 fully saturated rings. The van der Waals surface area contributed by atoms with Crippen molar-refractivity contribution in [1.82, 2.24) is 14.8 Å². The Labute approximate surface area is 113 Å². The molecule has 0 aliphatic carbocycles. The van der Waals surface area contributed by atoms with Gasteiger partial charge in [0, 0.05) is 25.4 Å². The number of aromatic nitrogens is 3. The minimum absolute atomic E-state index is 0.178. The van der Waals surface area contributed by atoms with E-state index in [0.29, 0.717) is 12.2 Å². The van der Waals surface area contributed by atoms with E-state index in [9.17, 15) is 8.42 Å². The van der Waals surface area contributed by atoms with Gasteiger partial charge in [0.25, 0.3) is 0 Å². The van der Waals surface area contributed by atoms with Crippen LogP contribution in [0.25, 0.3) is 0 Å². The first-order valence-electron chi connectivity index (χ1n) is 6.90. The van der Waals surface area contributed by atoms with Gasteiger partial charge >= 0.3 is 0 Å². The van der Waals surface area contributed by atoms with Crippen molar-refractivity contribution in [1.29, 1.82) is 0 Å². The number of aryl methyl sites for hydroxylation is 1. The molecular formula is C12H20N4O2S. The molecule has 1 aromatic rings. The number of hydrogen-bond acceptors (Lipinski definition) is 5. The summed E-state index contributed by atoms with van der Waals surface area (Å²) in [5.74, 6) is 2.54. The number of sulfone groups is 1. The Morgan fingerprint density at radius 1 is 1.37 bits per heavy atom. The second-order valence-electron chi connectivity index (χ2n) is 5.75. The molecule has 6 nitrogen and oxygen atoms in total. The fourth-order valence-electron chi connectivity index (χ4n) is 3.00. The van der Waals surface area contributed by atoms with Crippen molar-refractivity contribution in [2.24, 2.45) is 11.7 Å². The molecule has 0 bridgehead atoms. The molecule has 2 aliphatic rings. The normalized spacial score (nSPS) is 29.9. The summed E-state index contributed by atoms with van der Waals surface area (Å²) < 4.78 is 25.2. The van der Waals surface area contributed by atoms with Crippen LogP contribution in [0, 0.1) is 5.92 Å². The third-order valence-corrected chi connectivity index (χ3v) is 5.87. The smallest absolute Gasteiger partial charge is 0.151 e. The highest BCUT2D eigenvalue weighted by Crippen LogP contribution is 2.22. The molecule has 106 valence electrons. The van der Waals surface area contributed by atoms with E-state index in [0.717, 1.165) is 43.9 Å². The van der Waals surface area contributed by atoms with E-state index < -0.39 is 9.84 Å². The van der Waals surface area contributed by atoms with E-state index in [1.54, 1.807) is 0 Å². The Morgan fingerprint density at radius 3 is 3.00 bits per heavy atom. The predicted octanol–water partition coefficient (Wildman–Crippen LogP) is -0.0811. The van der Waals surface area contributed by atoms with Crippen molar-refractivity contribution in [3.63, 3.8) is 0 Å². The Balaban J connectivity index is 1.70. The lowest BCUT2D eigenvalue weighted by atomic mass is 10.0. The molecule has 1 saturated heterocycles. The number of nitrogens with zero attached hydrogens (tertiary/aromatic N) is 3. The van der Waals surface area contributed by atoms with Crippen LogP contribution in [0.5, 0.6) is 0 Å². The molecule has 0 aromatic carbocycles. The Morgan fingerprint density at radius 2 is 2.21 bits per heavy atom. The molecule has 2 unspecified atom stereocenters. The van der Waals surface area contributed by atoms with Crippen LogP contribution >= 0.6 is 0 Å². The van der Waals surface area contributed by atoms with Gasteiger partial charge in [-0.25, -0.2) is 18.1 Å². The zero-order valence-corrected chi connectivity index (χ0v) is 11.8. The molecule has 3 heterocycles. The topological polar surface area (TPSA) is 90.9 Å². The van der Waals surface area contributed by atoms with Crippen LogP contribution in [0.1, 0.15) is 30.9 Å². The predicted molar refractivity (Wildman–Crippen MR) is 71.4 cm³/mol. The minimum atomic E-state index is -2.85. The summed E-state index contributed by atoms with van der Waals surface area (Å²) in [6.07, 6.45) is 4.12. The van der Waals surface area contributed by atoms with Crippen LogP contribution in [0.15, 0.2) is 0 Å². The lowest BCUT2D eigenvalue weighted by Crippen LogP contribution is -2.31. The molecule has 3 rings (SSSR count). The Kier molecular flexibility index (Phi) is 3.34. The monoisotopic (exact) mass is 284 g/mol. The summed E-state index contributed by atoms with van der Waals surface area (Å²) in [4.78, 5) is 4.52. The highest BCUT2D eigenvalue weighted by molar-refractivity contribution is 7.91. The number of fused-ring (bicyclic) bond motifs is 1. The third-order valence-electron chi connectivity index (χ3n) is 3.98. The fourth-order valence-corrected chi connectivity index (χ4v) is 4.78. The second kappa shape index (κ2) is 4.86. The standard InChI is InChI=1S/C12H20N4O2S/c13-10-3-4-16-12(7-10)14-11(15-16)6-9-2-1-5-19(17,18)8-9/h9-10H,1-8,13H2. The summed E-state index contributed by atoms with van der Waals surface area (Å²) in [5.41, 5.74) is 5.92. The molecule has 19 heavy (non-hydrogen) atoms. The van der Waals surface area contributed by atoms with Crippen LogP contribution in [0.4, 0.5) is 0 Å². The maximum atomic E-state index is 11.6. The maximum Gasteiger partial charge on any atom is 0.151 e. The van der Waals surface area contributed by atoms with E-state index in [1.165, 1.54) is 0 Å². The Bertz CT molecular complexity index is 566. The molecule has 0 radical (unpaired) electrons. The largest absolute Gasteiger partial charge is 0.327 e. The molecule has 2 aliphatic heterocycles. The zero-order chi connectivity index (χ0) is 13.5. The quantitative estimate of drug-likeness (QED) is 0.820. The van der Waals surface area contributed by atoms with E-state index in [1.807, 2.05) is 4.68 Å². The molecule has 0 amide bonds. The summed E-state index contributed by atoms with van der Waals surface area (Å²) in [6, 6.07) is 0.180. The first kappa shape index (κ1) is 13.1. The second-order valence-corrected chi connectivity index (χ2v) is 7.98. The summed E-state index contributed by atoms with van der Waals surface area (Å²) >= 11 is 0. The fraction of sp³-hybridized carbons (Fsp3) is 0.833. The van der Waals surface area contributed by atoms with Crippen molar-refractivity contribution in [3.8, 4) is 0 Å². The number of hydrogen-bond donors (Lipinski definition) is 1. The molecule has 1 aromatic heterocycles. The lowest BCUT2D eigenvalue weighted by Gasteiger charge is -2.20. The maximum absolute atomic E-state index is 11.6. The molecule has 0 spiro atoms. The lowest BCUT2D eigenvalue weighted by molar-refractivity contribution is 0.429. The first-order chi connectivity index (χ1) is 9.02. The molecule has 2 atom stereocenters. The van der Waals surface area contributed by atoms with Gasteiger partial charge in [-0.15, -0.1) is 0 Å². The van der Waals surface area contributed by atoms with E-state index in [-0.39, 0.29) is 17.7 Å². The molecule has 2 N–H and O–H groups in total. The van der Waals surface area contributed by atoms with Gasteiger partial charge in [-0.3, -0.25) is 0 Å². The van der Waals surface area contributed by atoms with Crippen molar-refractivity contribution < 1.29 is 8.42 Å². The minimum Gasteiger partial charge on any atom is -0.327 e. The SMILES string of the molecule is NC1CCn2nc(CC3CCCS(=O)(=O)C3)nc2C1. The van der Waals surface area contributed by atoms with E-state index >= 15 is 0 Å². The van der Waals surface area contributed by atoms with Crippen LogP contribution in [0.2, 0.25) is 0 Å². The van der Waals surface area contributed by atoms with Gasteiger partial charge in [0.2, 0.25) is 0 Å². The molecule has 0 saturated carbocycles. The van der Waals surface area contributed by atoms with E-state index in [2.05, 4.69) is 10.1 Å². The van der Waals surface area contributed by atoms with Crippen LogP contribution < -0.4 is 5.73 Å². The van der Waals surface area contributed by atoms with Crippen LogP contribution in [0.3, 0.4) is 0 Å². The van der Waals surface area contributed by atoms with Crippen LogP contribution in [-0.2, 0) is 29.2 Å². The molecule has 7 heteroatoms. The highest BCUT2D eigenvalue weighted by Gasteiger charge is 2.27. The average Bonchev–Trinajstić information content (AvgIpc) is 2.68. The van der Waals surface area contributed by atoms with Crippen LogP contribution in [-0.4, -0.2) is 40.7 Å². The van der Waals surface area contributed by atoms with Gasteiger partial charge in [0.05, 0.1) is 11.5 Å². The summed E-state index contributed by atoms with van der Waals surface area (Å²) in [7, 11) is -2.85. The van der Waals surface area contributed by atoms with Gasteiger partial charge in [-0.05, 0) is 25.2 Å². The zero-order valence-electron chi connectivity index (χ0n) is 11.0. The number of nitrogens with two attached hydrogens (primary N) is 1. The van der Waals surface area contributed by atoms with Gasteiger partial charge < -0.3 is 5.73 Å². The van der Waals surface area contributed by atoms with Gasteiger partial charge in [0.1, 0.15) is 5.82 Å². The van der Waals surface area contributed by atoms with Crippen molar-refractivity contribution in [2.75, 3.05) is 11.5 Å². The highest BCUT2D eigenvalue weighted by atomic mass is 32.2. The van der Waals surface area contributed by atoms with Gasteiger partial charge in [0.15, 0.2) is 15.7 Å². The summed E-state index contributed by atoms with van der Waals surface area (Å²) in [5, 5.41) is 4.48. The summed E-state index contributed by atoms with van der Waals surface area (Å²) in [6.45, 7) is 0.826. The van der Waals surface area contributed by atoms with Crippen molar-refractivity contribution >= 4 is 9.84 Å². The van der Waals surface area contributed by atoms with E-state index in [4.69, 9.17) is 5.73 Å². The number of rotatable bonds is 2. The van der Waals surface area contributed by atoms with Crippen molar-refractivity contribution in [2.45, 2.75) is 44.7 Å². The first-order valence-corrected chi connectivity index (χ1v) is 8.72. The Hall–Kier alpha value is -0.950. The van der Waals surface area contributed by atoms with Gasteiger partial charge in [-0.2, -0.15) is 5.10 Å². The van der Waals surface area contributed by atoms with Crippen molar-refractivity contribution in [3.05, 3.63) is 11.6 Å². The average molecular weight is 284 g/mol.